The number of nitrogens with zero attached hydrogens (tertiary/aromatic N) is 1. The van der Waals surface area contributed by atoms with Gasteiger partial charge in [0.15, 0.2) is 5.69 Å². The third-order valence-electron chi connectivity index (χ3n) is 3.43. The highest BCUT2D eigenvalue weighted by Gasteiger charge is 2.21. The SMILES string of the molecule is Cc1cc(C)c(NC(=O)[C@H](C)c2nc(C(=O)O)cs2)c(C)c1. The second-order valence-corrected chi connectivity index (χ2v) is 6.25. The molecule has 1 aromatic heterocycles. The van der Waals surface area contributed by atoms with Gasteiger partial charge in [-0.2, -0.15) is 0 Å². The molecule has 5 nitrogen and oxygen atoms in total. The maximum atomic E-state index is 12.4. The van der Waals surface area contributed by atoms with Crippen LogP contribution in [0.15, 0.2) is 17.5 Å². The quantitative estimate of drug-likeness (QED) is 0.904. The number of thiazole rings is 1. The predicted molar refractivity (Wildman–Crippen MR) is 86.8 cm³/mol. The van der Waals surface area contributed by atoms with Crippen LogP contribution in [0, 0.1) is 20.8 Å². The van der Waals surface area contributed by atoms with E-state index in [9.17, 15) is 9.59 Å². The van der Waals surface area contributed by atoms with Gasteiger partial charge in [0.25, 0.3) is 0 Å². The number of rotatable bonds is 4. The molecule has 0 fully saturated rings. The van der Waals surface area contributed by atoms with Gasteiger partial charge in [0.05, 0.1) is 5.92 Å². The van der Waals surface area contributed by atoms with Gasteiger partial charge >= 0.3 is 5.97 Å². The number of carbonyl (C=O) groups excluding carboxylic acids is 1. The first-order chi connectivity index (χ1) is 10.3. The van der Waals surface area contributed by atoms with E-state index in [4.69, 9.17) is 5.11 Å². The van der Waals surface area contributed by atoms with E-state index in [0.717, 1.165) is 22.4 Å². The highest BCUT2D eigenvalue weighted by Crippen LogP contribution is 2.26. The van der Waals surface area contributed by atoms with Gasteiger partial charge in [-0.3, -0.25) is 4.79 Å². The molecular weight excluding hydrogens is 300 g/mol. The van der Waals surface area contributed by atoms with Crippen molar-refractivity contribution in [2.24, 2.45) is 0 Å². The lowest BCUT2D eigenvalue weighted by Gasteiger charge is -2.15. The number of aromatic carboxylic acids is 1. The molecule has 116 valence electrons. The summed E-state index contributed by atoms with van der Waals surface area (Å²) >= 11 is 1.18. The first-order valence-corrected chi connectivity index (χ1v) is 7.75. The van der Waals surface area contributed by atoms with Crippen LogP contribution in [-0.4, -0.2) is 22.0 Å². The number of carboxylic acids is 1. The first kappa shape index (κ1) is 16.2. The Morgan fingerprint density at radius 2 is 1.82 bits per heavy atom. The Bertz CT molecular complexity index is 714. The Morgan fingerprint density at radius 3 is 2.32 bits per heavy atom. The Balaban J connectivity index is 2.19. The van der Waals surface area contributed by atoms with Crippen LogP contribution < -0.4 is 5.32 Å². The van der Waals surface area contributed by atoms with Crippen LogP contribution in [0.1, 0.15) is 45.0 Å². The minimum absolute atomic E-state index is 0.0256. The number of hydrogen-bond acceptors (Lipinski definition) is 4. The maximum Gasteiger partial charge on any atom is 0.355 e. The lowest BCUT2D eigenvalue weighted by Crippen LogP contribution is -2.20. The van der Waals surface area contributed by atoms with Crippen molar-refractivity contribution in [2.75, 3.05) is 5.32 Å². The van der Waals surface area contributed by atoms with Gasteiger partial charge < -0.3 is 10.4 Å². The zero-order chi connectivity index (χ0) is 16.4. The van der Waals surface area contributed by atoms with Crippen LogP contribution in [0.2, 0.25) is 0 Å². The number of anilines is 1. The number of benzene rings is 1. The number of carbonyl (C=O) groups is 2. The molecule has 0 aliphatic rings. The van der Waals surface area contributed by atoms with Crippen molar-refractivity contribution in [3.8, 4) is 0 Å². The minimum Gasteiger partial charge on any atom is -0.476 e. The zero-order valence-electron chi connectivity index (χ0n) is 12.9. The fraction of sp³-hybridized carbons (Fsp3) is 0.312. The van der Waals surface area contributed by atoms with E-state index < -0.39 is 11.9 Å². The Hall–Kier alpha value is -2.21. The second-order valence-electron chi connectivity index (χ2n) is 5.36. The monoisotopic (exact) mass is 318 g/mol. The summed E-state index contributed by atoms with van der Waals surface area (Å²) in [5, 5.41) is 13.8. The summed E-state index contributed by atoms with van der Waals surface area (Å²) in [4.78, 5) is 27.2. The average molecular weight is 318 g/mol. The van der Waals surface area contributed by atoms with Crippen LogP contribution in [0.3, 0.4) is 0 Å². The fourth-order valence-electron chi connectivity index (χ4n) is 2.31. The molecule has 0 saturated heterocycles. The summed E-state index contributed by atoms with van der Waals surface area (Å²) in [6.07, 6.45) is 0. The number of amides is 1. The van der Waals surface area contributed by atoms with Gasteiger partial charge in [0.2, 0.25) is 5.91 Å². The van der Waals surface area contributed by atoms with E-state index in [1.807, 2.05) is 32.9 Å². The molecule has 0 spiro atoms. The van der Waals surface area contributed by atoms with Crippen molar-refractivity contribution >= 4 is 28.9 Å². The summed E-state index contributed by atoms with van der Waals surface area (Å²) < 4.78 is 0. The third-order valence-corrected chi connectivity index (χ3v) is 4.46. The van der Waals surface area contributed by atoms with E-state index in [-0.39, 0.29) is 11.6 Å². The van der Waals surface area contributed by atoms with Crippen molar-refractivity contribution in [3.63, 3.8) is 0 Å². The van der Waals surface area contributed by atoms with E-state index in [1.165, 1.54) is 16.7 Å². The molecule has 1 amide bonds. The molecule has 22 heavy (non-hydrogen) atoms. The van der Waals surface area contributed by atoms with Crippen molar-refractivity contribution in [3.05, 3.63) is 44.9 Å². The van der Waals surface area contributed by atoms with Crippen molar-refractivity contribution in [1.29, 1.82) is 0 Å². The van der Waals surface area contributed by atoms with Crippen molar-refractivity contribution in [1.82, 2.24) is 4.98 Å². The molecule has 0 radical (unpaired) electrons. The minimum atomic E-state index is -1.08. The van der Waals surface area contributed by atoms with Crippen molar-refractivity contribution in [2.45, 2.75) is 33.6 Å². The molecule has 0 aliphatic heterocycles. The smallest absolute Gasteiger partial charge is 0.355 e. The Kier molecular flexibility index (Phi) is 4.61. The normalized spacial score (nSPS) is 12.0. The molecule has 0 unspecified atom stereocenters. The van der Waals surface area contributed by atoms with Gasteiger partial charge in [-0.15, -0.1) is 11.3 Å². The third kappa shape index (κ3) is 3.33. The Labute approximate surface area is 133 Å². The molecule has 1 atom stereocenters. The summed E-state index contributed by atoms with van der Waals surface area (Å²) in [5.41, 5.74) is 3.93. The van der Waals surface area contributed by atoms with Gasteiger partial charge in [-0.25, -0.2) is 9.78 Å². The van der Waals surface area contributed by atoms with E-state index in [0.29, 0.717) is 5.01 Å². The van der Waals surface area contributed by atoms with E-state index in [1.54, 1.807) is 6.92 Å². The molecule has 0 bridgehead atoms. The van der Waals surface area contributed by atoms with E-state index in [2.05, 4.69) is 10.3 Å². The van der Waals surface area contributed by atoms with E-state index >= 15 is 0 Å². The molecular formula is C16H18N2O3S. The van der Waals surface area contributed by atoms with Crippen LogP contribution >= 0.6 is 11.3 Å². The lowest BCUT2D eigenvalue weighted by molar-refractivity contribution is -0.117. The van der Waals surface area contributed by atoms with Crippen LogP contribution in [-0.2, 0) is 4.79 Å². The molecule has 6 heteroatoms. The van der Waals surface area contributed by atoms with Gasteiger partial charge in [0.1, 0.15) is 5.01 Å². The highest BCUT2D eigenvalue weighted by molar-refractivity contribution is 7.10. The number of hydrogen-bond donors (Lipinski definition) is 2. The molecule has 2 N–H and O–H groups in total. The fourth-order valence-corrected chi connectivity index (χ4v) is 3.15. The first-order valence-electron chi connectivity index (χ1n) is 6.87. The standard InChI is InChI=1S/C16H18N2O3S/c1-8-5-9(2)13(10(3)6-8)18-14(19)11(4)15-17-12(7-22-15)16(20)21/h5-7,11H,1-4H3,(H,18,19)(H,20,21)/t11-/m0/s1. The van der Waals surface area contributed by atoms with Crippen LogP contribution in [0.25, 0.3) is 0 Å². The topological polar surface area (TPSA) is 79.3 Å². The lowest BCUT2D eigenvalue weighted by atomic mass is 10.0. The number of aromatic nitrogens is 1. The van der Waals surface area contributed by atoms with Crippen LogP contribution in [0.5, 0.6) is 0 Å². The molecule has 2 aromatic rings. The zero-order valence-corrected chi connectivity index (χ0v) is 13.7. The number of aryl methyl sites for hydroxylation is 3. The molecule has 1 aromatic carbocycles. The maximum absolute atomic E-state index is 12.4. The number of carboxylic acid groups (broad SMARTS) is 1. The van der Waals surface area contributed by atoms with Gasteiger partial charge in [-0.1, -0.05) is 17.7 Å². The van der Waals surface area contributed by atoms with Crippen molar-refractivity contribution < 1.29 is 14.7 Å². The summed E-state index contributed by atoms with van der Waals surface area (Å²) in [6, 6.07) is 4.03. The number of nitrogens with one attached hydrogen (secondary N) is 1. The molecule has 2 rings (SSSR count). The van der Waals surface area contributed by atoms with Gasteiger partial charge in [-0.05, 0) is 38.8 Å². The average Bonchev–Trinajstić information content (AvgIpc) is 2.91. The summed E-state index contributed by atoms with van der Waals surface area (Å²) in [6.45, 7) is 7.63. The van der Waals surface area contributed by atoms with Gasteiger partial charge in [0, 0.05) is 11.1 Å². The molecule has 0 saturated carbocycles. The summed E-state index contributed by atoms with van der Waals surface area (Å²) in [5.74, 6) is -1.78. The highest BCUT2D eigenvalue weighted by atomic mass is 32.1. The second kappa shape index (κ2) is 6.27. The Morgan fingerprint density at radius 1 is 1.23 bits per heavy atom. The molecule has 0 aliphatic carbocycles. The summed E-state index contributed by atoms with van der Waals surface area (Å²) in [7, 11) is 0. The van der Waals surface area contributed by atoms with Crippen LogP contribution in [0.4, 0.5) is 5.69 Å². The largest absolute Gasteiger partial charge is 0.476 e. The predicted octanol–water partition coefficient (Wildman–Crippen LogP) is 3.51. The molecule has 1 heterocycles.